The van der Waals surface area contributed by atoms with Gasteiger partial charge in [-0.3, -0.25) is 14.4 Å². The third kappa shape index (κ3) is 5.86. The summed E-state index contributed by atoms with van der Waals surface area (Å²) in [7, 11) is 0. The summed E-state index contributed by atoms with van der Waals surface area (Å²) < 4.78 is 0. The predicted molar refractivity (Wildman–Crippen MR) is 128 cm³/mol. The summed E-state index contributed by atoms with van der Waals surface area (Å²) in [6, 6.07) is 26.5. The average Bonchev–Trinajstić information content (AvgIpc) is 2.88. The number of hydrogen-bond acceptors (Lipinski definition) is 3. The van der Waals surface area contributed by atoms with Crippen LogP contribution >= 0.6 is 0 Å². The lowest BCUT2D eigenvalue weighted by Gasteiger charge is -2.32. The summed E-state index contributed by atoms with van der Waals surface area (Å²) in [4.78, 5) is 39.0. The van der Waals surface area contributed by atoms with Crippen molar-refractivity contribution >= 4 is 17.7 Å². The minimum atomic E-state index is -0.260. The monoisotopic (exact) mass is 441 g/mol. The molecule has 168 valence electrons. The van der Waals surface area contributed by atoms with Crippen LogP contribution in [0.4, 0.5) is 0 Å². The molecule has 33 heavy (non-hydrogen) atoms. The molecule has 1 saturated heterocycles. The highest BCUT2D eigenvalue weighted by Crippen LogP contribution is 2.19. The second-order valence-electron chi connectivity index (χ2n) is 8.12. The Morgan fingerprint density at radius 3 is 1.88 bits per heavy atom. The van der Waals surface area contributed by atoms with Gasteiger partial charge in [0.1, 0.15) is 0 Å². The fraction of sp³-hybridized carbons (Fsp3) is 0.222. The van der Waals surface area contributed by atoms with Crippen molar-refractivity contribution in [2.75, 3.05) is 19.6 Å². The predicted octanol–water partition coefficient (Wildman–Crippen LogP) is 3.50. The van der Waals surface area contributed by atoms with Gasteiger partial charge in [-0.15, -0.1) is 0 Å². The van der Waals surface area contributed by atoms with E-state index in [1.54, 1.807) is 29.2 Å². The Hall–Kier alpha value is -3.93. The smallest absolute Gasteiger partial charge is 0.251 e. The standard InChI is InChI=1S/C27H27N3O3/c31-25(19-28-26(32)22-9-5-2-6-10-22)30-17-15-24(16-18-30)29-27(33)23-13-11-21(12-14-23)20-7-3-1-4-8-20/h1-14,24H,15-19H2,(H,28,32)(H,29,33). The van der Waals surface area contributed by atoms with Crippen LogP contribution in [-0.4, -0.2) is 48.3 Å². The molecule has 3 aromatic rings. The Bertz CT molecular complexity index is 1090. The molecular weight excluding hydrogens is 414 g/mol. The summed E-state index contributed by atoms with van der Waals surface area (Å²) >= 11 is 0. The zero-order valence-corrected chi connectivity index (χ0v) is 18.4. The van der Waals surface area contributed by atoms with E-state index >= 15 is 0 Å². The molecule has 1 aliphatic heterocycles. The number of likely N-dealkylation sites (tertiary alicyclic amines) is 1. The van der Waals surface area contributed by atoms with Gasteiger partial charge in [-0.05, 0) is 48.2 Å². The zero-order valence-electron chi connectivity index (χ0n) is 18.4. The molecule has 0 saturated carbocycles. The van der Waals surface area contributed by atoms with Crippen molar-refractivity contribution in [1.29, 1.82) is 0 Å². The van der Waals surface area contributed by atoms with Crippen LogP contribution in [0, 0.1) is 0 Å². The molecule has 0 aromatic heterocycles. The van der Waals surface area contributed by atoms with E-state index < -0.39 is 0 Å². The quantitative estimate of drug-likeness (QED) is 0.615. The minimum Gasteiger partial charge on any atom is -0.349 e. The van der Waals surface area contributed by atoms with E-state index in [-0.39, 0.29) is 30.3 Å². The first-order valence-corrected chi connectivity index (χ1v) is 11.2. The van der Waals surface area contributed by atoms with Crippen LogP contribution in [0.25, 0.3) is 11.1 Å². The third-order valence-corrected chi connectivity index (χ3v) is 5.87. The van der Waals surface area contributed by atoms with E-state index in [1.165, 1.54) is 0 Å². The number of hydrogen-bond donors (Lipinski definition) is 2. The van der Waals surface area contributed by atoms with Crippen molar-refractivity contribution in [2.45, 2.75) is 18.9 Å². The first kappa shape index (κ1) is 22.3. The molecule has 1 aliphatic rings. The van der Waals surface area contributed by atoms with E-state index in [0.29, 0.717) is 37.1 Å². The molecule has 1 heterocycles. The molecule has 6 heteroatoms. The summed E-state index contributed by atoms with van der Waals surface area (Å²) in [6.45, 7) is 1.08. The molecule has 4 rings (SSSR count). The van der Waals surface area contributed by atoms with Crippen LogP contribution in [0.15, 0.2) is 84.9 Å². The SMILES string of the molecule is O=C(NCC(=O)N1CCC(NC(=O)c2ccc(-c3ccccc3)cc2)CC1)c1ccccc1. The molecule has 3 amide bonds. The fourth-order valence-electron chi connectivity index (χ4n) is 3.95. The highest BCUT2D eigenvalue weighted by atomic mass is 16.2. The Kier molecular flexibility index (Phi) is 7.15. The number of carbonyl (C=O) groups excluding carboxylic acids is 3. The molecule has 6 nitrogen and oxygen atoms in total. The van der Waals surface area contributed by atoms with Crippen molar-refractivity contribution in [1.82, 2.24) is 15.5 Å². The van der Waals surface area contributed by atoms with Gasteiger partial charge in [-0.25, -0.2) is 0 Å². The number of benzene rings is 3. The maximum absolute atomic E-state index is 12.6. The molecule has 3 aromatic carbocycles. The van der Waals surface area contributed by atoms with Crippen molar-refractivity contribution in [3.05, 3.63) is 96.1 Å². The van der Waals surface area contributed by atoms with Gasteiger partial charge < -0.3 is 15.5 Å². The van der Waals surface area contributed by atoms with Crippen LogP contribution in [0.5, 0.6) is 0 Å². The van der Waals surface area contributed by atoms with Crippen LogP contribution in [0.2, 0.25) is 0 Å². The molecule has 0 aliphatic carbocycles. The van der Waals surface area contributed by atoms with Crippen LogP contribution in [0.3, 0.4) is 0 Å². The first-order chi connectivity index (χ1) is 16.1. The maximum atomic E-state index is 12.6. The van der Waals surface area contributed by atoms with Gasteiger partial charge in [0.2, 0.25) is 5.91 Å². The second kappa shape index (κ2) is 10.6. The van der Waals surface area contributed by atoms with E-state index in [0.717, 1.165) is 11.1 Å². The van der Waals surface area contributed by atoms with Gasteiger partial charge in [0, 0.05) is 30.3 Å². The summed E-state index contributed by atoms with van der Waals surface area (Å²) in [5.74, 6) is -0.473. The van der Waals surface area contributed by atoms with E-state index in [9.17, 15) is 14.4 Å². The van der Waals surface area contributed by atoms with Crippen molar-refractivity contribution in [3.8, 4) is 11.1 Å². The van der Waals surface area contributed by atoms with E-state index in [2.05, 4.69) is 10.6 Å². The topological polar surface area (TPSA) is 78.5 Å². The fourth-order valence-corrected chi connectivity index (χ4v) is 3.95. The Labute approximate surface area is 193 Å². The Morgan fingerprint density at radius 1 is 0.697 bits per heavy atom. The van der Waals surface area contributed by atoms with Gasteiger partial charge >= 0.3 is 0 Å². The molecule has 1 fully saturated rings. The number of piperidine rings is 1. The lowest BCUT2D eigenvalue weighted by Crippen LogP contribution is -2.49. The van der Waals surface area contributed by atoms with Gasteiger partial charge in [-0.1, -0.05) is 60.7 Å². The summed E-state index contributed by atoms with van der Waals surface area (Å²) in [6.07, 6.45) is 1.37. The highest BCUT2D eigenvalue weighted by Gasteiger charge is 2.24. The first-order valence-electron chi connectivity index (χ1n) is 11.2. The number of rotatable bonds is 6. The van der Waals surface area contributed by atoms with E-state index in [4.69, 9.17) is 0 Å². The number of amides is 3. The van der Waals surface area contributed by atoms with Gasteiger partial charge in [0.25, 0.3) is 11.8 Å². The van der Waals surface area contributed by atoms with E-state index in [1.807, 2.05) is 60.7 Å². The molecule has 0 spiro atoms. The van der Waals surface area contributed by atoms with Crippen LogP contribution in [0.1, 0.15) is 33.6 Å². The number of carbonyl (C=O) groups is 3. The van der Waals surface area contributed by atoms with Gasteiger partial charge in [0.15, 0.2) is 0 Å². The molecule has 0 radical (unpaired) electrons. The van der Waals surface area contributed by atoms with Gasteiger partial charge in [0.05, 0.1) is 6.54 Å². The summed E-state index contributed by atoms with van der Waals surface area (Å²) in [5.41, 5.74) is 3.33. The molecular formula is C27H27N3O3. The lowest BCUT2D eigenvalue weighted by molar-refractivity contribution is -0.131. The number of nitrogens with zero attached hydrogens (tertiary/aromatic N) is 1. The second-order valence-corrected chi connectivity index (χ2v) is 8.12. The largest absolute Gasteiger partial charge is 0.349 e. The van der Waals surface area contributed by atoms with Crippen molar-refractivity contribution < 1.29 is 14.4 Å². The van der Waals surface area contributed by atoms with Gasteiger partial charge in [-0.2, -0.15) is 0 Å². The zero-order chi connectivity index (χ0) is 23.0. The average molecular weight is 442 g/mol. The lowest BCUT2D eigenvalue weighted by atomic mass is 10.0. The molecule has 0 bridgehead atoms. The minimum absolute atomic E-state index is 0.0225. The van der Waals surface area contributed by atoms with Crippen LogP contribution in [-0.2, 0) is 4.79 Å². The molecule has 0 unspecified atom stereocenters. The Morgan fingerprint density at radius 2 is 1.24 bits per heavy atom. The van der Waals surface area contributed by atoms with Crippen LogP contribution < -0.4 is 10.6 Å². The number of nitrogens with one attached hydrogen (secondary N) is 2. The Balaban J connectivity index is 1.22. The highest BCUT2D eigenvalue weighted by molar-refractivity contribution is 5.96. The normalized spacial score (nSPS) is 13.9. The maximum Gasteiger partial charge on any atom is 0.251 e. The molecule has 2 N–H and O–H groups in total. The van der Waals surface area contributed by atoms with Crippen molar-refractivity contribution in [3.63, 3.8) is 0 Å². The van der Waals surface area contributed by atoms with Crippen molar-refractivity contribution in [2.24, 2.45) is 0 Å². The molecule has 0 atom stereocenters. The third-order valence-electron chi connectivity index (χ3n) is 5.87. The summed E-state index contributed by atoms with van der Waals surface area (Å²) in [5, 5.41) is 5.76.